The first-order valence-electron chi connectivity index (χ1n) is 12.6. The van der Waals surface area contributed by atoms with Crippen molar-refractivity contribution in [3.63, 3.8) is 0 Å². The summed E-state index contributed by atoms with van der Waals surface area (Å²) in [4.78, 5) is 12.7. The maximum Gasteiger partial charge on any atom is 0.178 e. The van der Waals surface area contributed by atoms with E-state index in [9.17, 15) is 4.79 Å². The highest BCUT2D eigenvalue weighted by Crippen LogP contribution is 2.31. The summed E-state index contributed by atoms with van der Waals surface area (Å²) in [5.41, 5.74) is 6.99. The van der Waals surface area contributed by atoms with Gasteiger partial charge in [-0.25, -0.2) is 0 Å². The lowest BCUT2D eigenvalue weighted by molar-refractivity contribution is -0.110. The summed E-state index contributed by atoms with van der Waals surface area (Å²) < 4.78 is 4.67. The van der Waals surface area contributed by atoms with Gasteiger partial charge in [0.2, 0.25) is 0 Å². The van der Waals surface area contributed by atoms with E-state index in [1.165, 1.54) is 43.6 Å². The number of rotatable bonds is 6. The van der Waals surface area contributed by atoms with Gasteiger partial charge in [-0.15, -0.1) is 0 Å². The zero-order chi connectivity index (χ0) is 24.6. The molecule has 0 aliphatic heterocycles. The van der Waals surface area contributed by atoms with Gasteiger partial charge in [0.1, 0.15) is 0 Å². The Morgan fingerprint density at radius 3 is 1.44 bits per heavy atom. The highest BCUT2D eigenvalue weighted by molar-refractivity contribution is 6.10. The molecule has 0 atom stereocenters. The van der Waals surface area contributed by atoms with Crippen LogP contribution in [0.1, 0.15) is 25.0 Å². The zero-order valence-electron chi connectivity index (χ0n) is 20.6. The van der Waals surface area contributed by atoms with Crippen LogP contribution in [0.25, 0.3) is 55.8 Å². The third-order valence-electron chi connectivity index (χ3n) is 7.11. The Labute approximate surface area is 210 Å². The molecule has 176 valence electrons. The number of fused-ring (bicyclic) bond motifs is 6. The highest BCUT2D eigenvalue weighted by Gasteiger charge is 2.10. The highest BCUT2D eigenvalue weighted by atomic mass is 16.1. The predicted octanol–water partition coefficient (Wildman–Crippen LogP) is 8.24. The molecule has 0 saturated heterocycles. The van der Waals surface area contributed by atoms with Crippen molar-refractivity contribution < 1.29 is 4.79 Å². The molecule has 3 heteroatoms. The lowest BCUT2D eigenvalue weighted by atomic mass is 10.1. The first kappa shape index (κ1) is 22.1. The number of benzene rings is 4. The van der Waals surface area contributed by atoms with Crippen molar-refractivity contribution in [2.75, 3.05) is 0 Å². The molecule has 2 aromatic heterocycles. The standard InChI is InChI=1S/C33H28N2O/c1-3-34-30-11-7-5-9-26(30)28-21-23(15-19-32(28)34)13-17-25(36)18-14-24-16-20-33-29(22-24)27-10-6-8-12-31(27)35(33)4-2/h5-22H,3-4H2,1-2H3. The lowest BCUT2D eigenvalue weighted by Crippen LogP contribution is -1.92. The van der Waals surface area contributed by atoms with Crippen LogP contribution in [0.15, 0.2) is 97.1 Å². The average Bonchev–Trinajstić information content (AvgIpc) is 3.42. The Morgan fingerprint density at radius 2 is 1.00 bits per heavy atom. The Morgan fingerprint density at radius 1 is 0.583 bits per heavy atom. The zero-order valence-corrected chi connectivity index (χ0v) is 20.6. The van der Waals surface area contributed by atoms with Gasteiger partial charge in [-0.3, -0.25) is 4.79 Å². The largest absolute Gasteiger partial charge is 0.341 e. The van der Waals surface area contributed by atoms with Crippen molar-refractivity contribution in [2.24, 2.45) is 0 Å². The van der Waals surface area contributed by atoms with Crippen molar-refractivity contribution in [3.8, 4) is 0 Å². The number of allylic oxidation sites excluding steroid dienone is 2. The monoisotopic (exact) mass is 468 g/mol. The van der Waals surface area contributed by atoms with Crippen LogP contribution in [-0.2, 0) is 17.9 Å². The Hall–Kier alpha value is -4.37. The summed E-state index contributed by atoms with van der Waals surface area (Å²) in [6, 6.07) is 29.8. The van der Waals surface area contributed by atoms with Gasteiger partial charge in [-0.2, -0.15) is 0 Å². The third kappa shape index (κ3) is 3.64. The number of carbonyl (C=O) groups is 1. The maximum atomic E-state index is 12.7. The smallest absolute Gasteiger partial charge is 0.178 e. The van der Waals surface area contributed by atoms with E-state index in [1.54, 1.807) is 12.2 Å². The van der Waals surface area contributed by atoms with Crippen LogP contribution in [0.5, 0.6) is 0 Å². The first-order valence-corrected chi connectivity index (χ1v) is 12.6. The number of aryl methyl sites for hydroxylation is 2. The Balaban J connectivity index is 1.27. The molecule has 2 heterocycles. The Bertz CT molecular complexity index is 1690. The summed E-state index contributed by atoms with van der Waals surface area (Å²) >= 11 is 0. The Kier molecular flexibility index (Phi) is 5.54. The van der Waals surface area contributed by atoms with Crippen LogP contribution < -0.4 is 0 Å². The van der Waals surface area contributed by atoms with Gasteiger partial charge in [-0.1, -0.05) is 60.7 Å². The van der Waals surface area contributed by atoms with Gasteiger partial charge in [0.05, 0.1) is 0 Å². The molecular weight excluding hydrogens is 440 g/mol. The average molecular weight is 469 g/mol. The molecule has 0 bridgehead atoms. The quantitative estimate of drug-likeness (QED) is 0.226. The number of ketones is 1. The van der Waals surface area contributed by atoms with Crippen LogP contribution in [0, 0.1) is 0 Å². The number of aromatic nitrogens is 2. The van der Waals surface area contributed by atoms with E-state index in [0.29, 0.717) is 0 Å². The van der Waals surface area contributed by atoms with E-state index in [-0.39, 0.29) is 5.78 Å². The molecule has 0 N–H and O–H groups in total. The van der Waals surface area contributed by atoms with E-state index in [0.717, 1.165) is 24.2 Å². The van der Waals surface area contributed by atoms with Crippen LogP contribution in [0.3, 0.4) is 0 Å². The number of carbonyl (C=O) groups excluding carboxylic acids is 1. The van der Waals surface area contributed by atoms with Crippen molar-refractivity contribution >= 4 is 61.5 Å². The molecule has 0 aliphatic rings. The summed E-state index contributed by atoms with van der Waals surface area (Å²) in [6.45, 7) is 6.19. The topological polar surface area (TPSA) is 26.9 Å². The molecule has 0 unspecified atom stereocenters. The molecule has 0 amide bonds. The number of hydrogen-bond donors (Lipinski definition) is 0. The van der Waals surface area contributed by atoms with Crippen LogP contribution in [-0.4, -0.2) is 14.9 Å². The molecule has 0 saturated carbocycles. The van der Waals surface area contributed by atoms with E-state index in [1.807, 2.05) is 12.2 Å². The van der Waals surface area contributed by atoms with E-state index in [2.05, 4.69) is 108 Å². The van der Waals surface area contributed by atoms with Gasteiger partial charge in [-0.05, 0) is 73.5 Å². The molecular formula is C33H28N2O. The minimum Gasteiger partial charge on any atom is -0.341 e. The second-order valence-electron chi connectivity index (χ2n) is 9.15. The third-order valence-corrected chi connectivity index (χ3v) is 7.11. The van der Waals surface area contributed by atoms with Gasteiger partial charge in [0.25, 0.3) is 0 Å². The van der Waals surface area contributed by atoms with E-state index in [4.69, 9.17) is 0 Å². The molecule has 36 heavy (non-hydrogen) atoms. The van der Waals surface area contributed by atoms with E-state index >= 15 is 0 Å². The number of nitrogens with zero attached hydrogens (tertiary/aromatic N) is 2. The number of para-hydroxylation sites is 2. The number of hydrogen-bond acceptors (Lipinski definition) is 1. The fourth-order valence-electron chi connectivity index (χ4n) is 5.44. The second kappa shape index (κ2) is 9.01. The van der Waals surface area contributed by atoms with Crippen molar-refractivity contribution in [1.29, 1.82) is 0 Å². The molecule has 0 radical (unpaired) electrons. The van der Waals surface area contributed by atoms with Crippen molar-refractivity contribution in [2.45, 2.75) is 26.9 Å². The second-order valence-corrected chi connectivity index (χ2v) is 9.15. The lowest BCUT2D eigenvalue weighted by Gasteiger charge is -2.02. The van der Waals surface area contributed by atoms with Gasteiger partial charge < -0.3 is 9.13 Å². The summed E-state index contributed by atoms with van der Waals surface area (Å²) in [6.07, 6.45) is 7.11. The summed E-state index contributed by atoms with van der Waals surface area (Å²) in [5, 5.41) is 4.93. The minimum atomic E-state index is -0.0258. The fraction of sp³-hybridized carbons (Fsp3) is 0.121. The predicted molar refractivity (Wildman–Crippen MR) is 153 cm³/mol. The van der Waals surface area contributed by atoms with Crippen molar-refractivity contribution in [3.05, 3.63) is 108 Å². The van der Waals surface area contributed by atoms with Crippen LogP contribution in [0.2, 0.25) is 0 Å². The molecule has 0 spiro atoms. The first-order chi connectivity index (χ1) is 17.7. The van der Waals surface area contributed by atoms with Crippen LogP contribution in [0.4, 0.5) is 0 Å². The maximum absolute atomic E-state index is 12.7. The normalized spacial score (nSPS) is 12.3. The van der Waals surface area contributed by atoms with Crippen molar-refractivity contribution in [1.82, 2.24) is 9.13 Å². The molecule has 4 aromatic carbocycles. The van der Waals surface area contributed by atoms with E-state index < -0.39 is 0 Å². The van der Waals surface area contributed by atoms with Gasteiger partial charge in [0, 0.05) is 56.7 Å². The SMILES string of the molecule is CCn1c2ccccc2c2cc(C=CC(=O)C=Cc3ccc4c(c3)c3ccccc3n4CC)ccc21. The molecule has 6 rings (SSSR count). The summed E-state index contributed by atoms with van der Waals surface area (Å²) in [7, 11) is 0. The molecule has 0 fully saturated rings. The summed E-state index contributed by atoms with van der Waals surface area (Å²) in [5.74, 6) is -0.0258. The fourth-order valence-corrected chi connectivity index (χ4v) is 5.44. The van der Waals surface area contributed by atoms with Crippen LogP contribution >= 0.6 is 0 Å². The minimum absolute atomic E-state index is 0.0258. The van der Waals surface area contributed by atoms with Gasteiger partial charge in [0.15, 0.2) is 5.78 Å². The van der Waals surface area contributed by atoms with Gasteiger partial charge >= 0.3 is 0 Å². The molecule has 3 nitrogen and oxygen atoms in total. The molecule has 6 aromatic rings. The molecule has 0 aliphatic carbocycles.